The molecule has 2 heterocycles. The molecule has 0 aromatic heterocycles. The van der Waals surface area contributed by atoms with Gasteiger partial charge in [-0.05, 0) is 67.4 Å². The summed E-state index contributed by atoms with van der Waals surface area (Å²) >= 11 is 1.91. The van der Waals surface area contributed by atoms with E-state index in [4.69, 9.17) is 4.74 Å². The number of rotatable bonds is 6. The van der Waals surface area contributed by atoms with Crippen LogP contribution in [0.15, 0.2) is 71.6 Å². The average Bonchev–Trinajstić information content (AvgIpc) is 3.33. The van der Waals surface area contributed by atoms with Crippen molar-refractivity contribution in [1.82, 2.24) is 4.90 Å². The van der Waals surface area contributed by atoms with Crippen molar-refractivity contribution in [3.63, 3.8) is 0 Å². The van der Waals surface area contributed by atoms with Crippen LogP contribution in [0, 0.1) is 5.82 Å². The van der Waals surface area contributed by atoms with Gasteiger partial charge in [0.2, 0.25) is 0 Å². The van der Waals surface area contributed by atoms with Gasteiger partial charge in [0.25, 0.3) is 0 Å². The Kier molecular flexibility index (Phi) is 6.37. The quantitative estimate of drug-likeness (QED) is 0.466. The number of ether oxygens (including phenoxy) is 1. The maximum Gasteiger partial charge on any atom is 0.126 e. The normalized spacial score (nSPS) is 20.7. The van der Waals surface area contributed by atoms with Gasteiger partial charge in [-0.25, -0.2) is 4.39 Å². The fourth-order valence-corrected chi connectivity index (χ4v) is 5.79. The Hall–Kier alpha value is -2.50. The van der Waals surface area contributed by atoms with E-state index in [1.165, 1.54) is 48.5 Å². The van der Waals surface area contributed by atoms with E-state index in [0.29, 0.717) is 6.61 Å². The SMILES string of the molecule is Oc1ccc2c(c1)OC[C@H](c1ccc(F)cc1)[C@@H]2c1ccc(SCCN2CCCC2)cc1. The van der Waals surface area contributed by atoms with E-state index in [1.54, 1.807) is 12.1 Å². The Morgan fingerprint density at radius 2 is 1.66 bits per heavy atom. The van der Waals surface area contributed by atoms with E-state index in [9.17, 15) is 9.50 Å². The lowest BCUT2D eigenvalue weighted by Crippen LogP contribution is -2.25. The van der Waals surface area contributed by atoms with Crippen molar-refractivity contribution in [2.45, 2.75) is 29.6 Å². The summed E-state index contributed by atoms with van der Waals surface area (Å²) < 4.78 is 19.6. The van der Waals surface area contributed by atoms with Gasteiger partial charge in [0.05, 0.1) is 6.61 Å². The van der Waals surface area contributed by atoms with Crippen molar-refractivity contribution in [2.24, 2.45) is 0 Å². The van der Waals surface area contributed by atoms with Crippen LogP contribution in [0.5, 0.6) is 11.5 Å². The fraction of sp³-hybridized carbons (Fsp3) is 0.333. The number of fused-ring (bicyclic) bond motifs is 1. The van der Waals surface area contributed by atoms with Crippen molar-refractivity contribution < 1.29 is 14.2 Å². The first-order valence-electron chi connectivity index (χ1n) is 11.3. The summed E-state index contributed by atoms with van der Waals surface area (Å²) in [5, 5.41) is 9.93. The molecule has 0 amide bonds. The number of thioether (sulfide) groups is 1. The monoisotopic (exact) mass is 449 g/mol. The Morgan fingerprint density at radius 3 is 2.41 bits per heavy atom. The van der Waals surface area contributed by atoms with Gasteiger partial charge in [-0.3, -0.25) is 0 Å². The van der Waals surface area contributed by atoms with Crippen molar-refractivity contribution in [3.8, 4) is 11.5 Å². The number of aromatic hydroxyl groups is 1. The highest BCUT2D eigenvalue weighted by Gasteiger charge is 2.33. The number of likely N-dealkylation sites (tertiary alicyclic amines) is 1. The highest BCUT2D eigenvalue weighted by atomic mass is 32.2. The predicted octanol–water partition coefficient (Wildman–Crippen LogP) is 6.03. The maximum absolute atomic E-state index is 13.5. The number of hydrogen-bond donors (Lipinski definition) is 1. The average molecular weight is 450 g/mol. The van der Waals surface area contributed by atoms with Crippen LogP contribution < -0.4 is 4.74 Å². The maximum atomic E-state index is 13.5. The van der Waals surface area contributed by atoms with Crippen molar-refractivity contribution >= 4 is 11.8 Å². The van der Waals surface area contributed by atoms with Crippen LogP contribution in [0.1, 0.15) is 41.4 Å². The lowest BCUT2D eigenvalue weighted by Gasteiger charge is -2.34. The van der Waals surface area contributed by atoms with Crippen LogP contribution in [-0.4, -0.2) is 42.0 Å². The van der Waals surface area contributed by atoms with Crippen LogP contribution >= 0.6 is 11.8 Å². The van der Waals surface area contributed by atoms with E-state index in [-0.39, 0.29) is 23.4 Å². The molecular weight excluding hydrogens is 421 g/mol. The Bertz CT molecular complexity index is 1050. The van der Waals surface area contributed by atoms with Gasteiger partial charge >= 0.3 is 0 Å². The number of phenols is 1. The zero-order valence-electron chi connectivity index (χ0n) is 18.0. The minimum Gasteiger partial charge on any atom is -0.508 e. The van der Waals surface area contributed by atoms with E-state index in [0.717, 1.165) is 29.2 Å². The summed E-state index contributed by atoms with van der Waals surface area (Å²) in [6.45, 7) is 4.11. The number of nitrogens with zero attached hydrogens (tertiary/aromatic N) is 1. The van der Waals surface area contributed by atoms with Crippen LogP contribution in [0.4, 0.5) is 4.39 Å². The molecule has 5 heteroatoms. The highest BCUT2D eigenvalue weighted by molar-refractivity contribution is 7.99. The van der Waals surface area contributed by atoms with Gasteiger partial charge in [0.1, 0.15) is 17.3 Å². The first kappa shape index (κ1) is 21.4. The Balaban J connectivity index is 1.39. The molecule has 1 N–H and O–H groups in total. The molecule has 0 bridgehead atoms. The summed E-state index contributed by atoms with van der Waals surface area (Å²) in [4.78, 5) is 3.83. The second-order valence-corrected chi connectivity index (χ2v) is 9.80. The van der Waals surface area contributed by atoms with Crippen LogP contribution in [0.2, 0.25) is 0 Å². The van der Waals surface area contributed by atoms with Gasteiger partial charge in [-0.15, -0.1) is 11.8 Å². The van der Waals surface area contributed by atoms with E-state index < -0.39 is 0 Å². The number of benzene rings is 3. The van der Waals surface area contributed by atoms with Gasteiger partial charge < -0.3 is 14.7 Å². The molecule has 1 fully saturated rings. The van der Waals surface area contributed by atoms with Crippen molar-refractivity contribution in [3.05, 3.63) is 89.2 Å². The molecule has 1 saturated heterocycles. The molecule has 0 radical (unpaired) electrons. The molecule has 2 aliphatic heterocycles. The van der Waals surface area contributed by atoms with Crippen molar-refractivity contribution in [2.75, 3.05) is 32.0 Å². The van der Waals surface area contributed by atoms with Crippen LogP contribution in [0.25, 0.3) is 0 Å². The molecule has 0 spiro atoms. The summed E-state index contributed by atoms with van der Waals surface area (Å²) in [6, 6.07) is 20.9. The first-order valence-corrected chi connectivity index (χ1v) is 12.3. The van der Waals surface area contributed by atoms with Crippen molar-refractivity contribution in [1.29, 1.82) is 0 Å². The molecule has 3 aromatic carbocycles. The molecule has 0 aliphatic carbocycles. The van der Waals surface area contributed by atoms with Gasteiger partial charge in [-0.1, -0.05) is 30.3 Å². The third-order valence-corrected chi connectivity index (χ3v) is 7.56. The zero-order valence-corrected chi connectivity index (χ0v) is 18.9. The second-order valence-electron chi connectivity index (χ2n) is 8.64. The summed E-state index contributed by atoms with van der Waals surface area (Å²) in [7, 11) is 0. The van der Waals surface area contributed by atoms with Crippen LogP contribution in [-0.2, 0) is 0 Å². The molecule has 0 saturated carbocycles. The highest BCUT2D eigenvalue weighted by Crippen LogP contribution is 2.47. The molecule has 32 heavy (non-hydrogen) atoms. The van der Waals surface area contributed by atoms with Gasteiger partial charge in [-0.2, -0.15) is 0 Å². The number of hydrogen-bond acceptors (Lipinski definition) is 4. The molecule has 2 atom stereocenters. The molecule has 5 rings (SSSR count). The minimum atomic E-state index is -0.234. The largest absolute Gasteiger partial charge is 0.508 e. The molecular formula is C27H28FNO2S. The van der Waals surface area contributed by atoms with Gasteiger partial charge in [0.15, 0.2) is 0 Å². The Morgan fingerprint density at radius 1 is 0.938 bits per heavy atom. The smallest absolute Gasteiger partial charge is 0.126 e. The zero-order chi connectivity index (χ0) is 21.9. The third-order valence-electron chi connectivity index (χ3n) is 6.57. The van der Waals surface area contributed by atoms with Gasteiger partial charge in [0, 0.05) is 40.7 Å². The first-order chi connectivity index (χ1) is 15.7. The summed E-state index contributed by atoms with van der Waals surface area (Å²) in [5.41, 5.74) is 3.32. The summed E-state index contributed by atoms with van der Waals surface area (Å²) in [6.07, 6.45) is 2.66. The van der Waals surface area contributed by atoms with E-state index in [2.05, 4.69) is 29.2 Å². The van der Waals surface area contributed by atoms with E-state index in [1.807, 2.05) is 30.0 Å². The molecule has 166 valence electrons. The third kappa shape index (κ3) is 4.64. The molecule has 3 nitrogen and oxygen atoms in total. The topological polar surface area (TPSA) is 32.7 Å². The molecule has 0 unspecified atom stereocenters. The molecule has 3 aromatic rings. The summed E-state index contributed by atoms with van der Waals surface area (Å²) in [5.74, 6) is 1.94. The molecule has 2 aliphatic rings. The second kappa shape index (κ2) is 9.55. The minimum absolute atomic E-state index is 0.0707. The Labute approximate surface area is 193 Å². The fourth-order valence-electron chi connectivity index (χ4n) is 4.88. The predicted molar refractivity (Wildman–Crippen MR) is 127 cm³/mol. The van der Waals surface area contributed by atoms with E-state index >= 15 is 0 Å². The lowest BCUT2D eigenvalue weighted by molar-refractivity contribution is 0.247. The number of halogens is 1. The number of phenolic OH excluding ortho intramolecular Hbond substituents is 1. The van der Waals surface area contributed by atoms with Crippen LogP contribution in [0.3, 0.4) is 0 Å². The lowest BCUT2D eigenvalue weighted by atomic mass is 9.76. The standard InChI is InChI=1S/C27H28FNO2S/c28-21-7-3-19(4-8-21)25-18-31-26-17-22(30)9-12-24(26)27(25)20-5-10-23(11-6-20)32-16-15-29-13-1-2-14-29/h3-12,17,25,27,30H,1-2,13-16,18H2/t25-,27-/m1/s1.